The topological polar surface area (TPSA) is 72.0 Å². The highest BCUT2D eigenvalue weighted by Crippen LogP contribution is 2.20. The molecule has 0 bridgehead atoms. The van der Waals surface area contributed by atoms with Gasteiger partial charge in [0.05, 0.1) is 0 Å². The maximum absolute atomic E-state index is 12.3. The zero-order valence-corrected chi connectivity index (χ0v) is 13.2. The quantitative estimate of drug-likeness (QED) is 0.790. The summed E-state index contributed by atoms with van der Waals surface area (Å²) >= 11 is 0. The van der Waals surface area contributed by atoms with Gasteiger partial charge in [-0.15, -0.1) is 0 Å². The van der Waals surface area contributed by atoms with E-state index in [4.69, 9.17) is 0 Å². The summed E-state index contributed by atoms with van der Waals surface area (Å²) in [5, 5.41) is 3.09. The van der Waals surface area contributed by atoms with Gasteiger partial charge < -0.3 is 5.32 Å². The van der Waals surface area contributed by atoms with E-state index in [-0.39, 0.29) is 31.7 Å². The molecule has 2 rings (SSSR count). The molecule has 1 aromatic carbocycles. The van der Waals surface area contributed by atoms with E-state index in [2.05, 4.69) is 15.3 Å². The molecule has 0 aliphatic rings. The van der Waals surface area contributed by atoms with Crippen molar-refractivity contribution in [2.24, 2.45) is 0 Å². The maximum atomic E-state index is 12.3. The van der Waals surface area contributed by atoms with Crippen LogP contribution in [0.15, 0.2) is 42.7 Å². The number of benzene rings is 1. The molecule has 0 unspecified atom stereocenters. The van der Waals surface area contributed by atoms with E-state index < -0.39 is 0 Å². The lowest BCUT2D eigenvalue weighted by molar-refractivity contribution is 0.0912. The number of carbonyl (C=O) groups excluding carboxylic acids is 2. The van der Waals surface area contributed by atoms with Crippen molar-refractivity contribution in [3.8, 4) is 0 Å². The van der Waals surface area contributed by atoms with Crippen LogP contribution in [-0.4, -0.2) is 28.6 Å². The number of anilines is 1. The molecule has 0 fully saturated rings. The van der Waals surface area contributed by atoms with Gasteiger partial charge in [0, 0.05) is 45.0 Å². The molecule has 0 atom stereocenters. The second kappa shape index (κ2) is 7.98. The first-order valence-electron chi connectivity index (χ1n) is 7.43. The lowest BCUT2D eigenvalue weighted by Gasteiger charge is -2.08. The number of nitrogens with one attached hydrogen (secondary N) is 1. The minimum absolute atomic E-state index is 0. The molecular weight excluding hydrogens is 290 g/mol. The molecule has 0 spiro atoms. The summed E-state index contributed by atoms with van der Waals surface area (Å²) in [6.45, 7) is 1.92. The van der Waals surface area contributed by atoms with Crippen molar-refractivity contribution in [1.29, 1.82) is 0 Å². The Kier molecular flexibility index (Phi) is 5.74. The van der Waals surface area contributed by atoms with Gasteiger partial charge in [-0.3, -0.25) is 9.59 Å². The third-order valence-electron chi connectivity index (χ3n) is 3.38. The largest absolute Gasteiger partial charge is 0.388 e. The first-order valence-corrected chi connectivity index (χ1v) is 7.43. The predicted octanol–water partition coefficient (Wildman–Crippen LogP) is 3.64. The highest BCUT2D eigenvalue weighted by atomic mass is 16.1. The van der Waals surface area contributed by atoms with Gasteiger partial charge in [-0.1, -0.05) is 12.2 Å². The van der Waals surface area contributed by atoms with Gasteiger partial charge in [0.1, 0.15) is 0 Å². The van der Waals surface area contributed by atoms with Crippen LogP contribution in [0.5, 0.6) is 0 Å². The summed E-state index contributed by atoms with van der Waals surface area (Å²) in [6, 6.07) is 7.11. The third kappa shape index (κ3) is 4.32. The van der Waals surface area contributed by atoms with E-state index in [1.165, 1.54) is 12.4 Å². The van der Waals surface area contributed by atoms with Crippen molar-refractivity contribution < 1.29 is 11.0 Å². The molecule has 0 saturated heterocycles. The van der Waals surface area contributed by atoms with Crippen LogP contribution >= 0.6 is 0 Å². The SMILES string of the molecule is C/C=C/c1cc(C(=O)CCC(=O)c2ncccn2)ccc1NC.[HH]. The Morgan fingerprint density at radius 1 is 1.17 bits per heavy atom. The number of hydrogen-bond acceptors (Lipinski definition) is 5. The van der Waals surface area contributed by atoms with E-state index >= 15 is 0 Å². The van der Waals surface area contributed by atoms with Crippen LogP contribution in [0.25, 0.3) is 6.08 Å². The van der Waals surface area contributed by atoms with Crippen molar-refractivity contribution in [2.45, 2.75) is 19.8 Å². The number of ketones is 2. The second-order valence-electron chi connectivity index (χ2n) is 4.97. The summed E-state index contributed by atoms with van der Waals surface area (Å²) in [5.41, 5.74) is 2.49. The summed E-state index contributed by atoms with van der Waals surface area (Å²) in [5.74, 6) is -0.136. The lowest BCUT2D eigenvalue weighted by atomic mass is 10.0. The highest BCUT2D eigenvalue weighted by molar-refractivity contribution is 6.01. The van der Waals surface area contributed by atoms with E-state index in [9.17, 15) is 9.59 Å². The standard InChI is InChI=1S/C18H19N3O2.H2/c1-3-5-13-12-14(6-7-15(13)19-2)16(22)8-9-17(23)18-20-10-4-11-21-18;/h3-7,10-12,19H,8-9H2,1-2H3;1H/b5-3+;. The van der Waals surface area contributed by atoms with Gasteiger partial charge in [0.25, 0.3) is 0 Å². The maximum Gasteiger partial charge on any atom is 0.200 e. The molecule has 0 aliphatic carbocycles. The molecule has 2 aromatic rings. The highest BCUT2D eigenvalue weighted by Gasteiger charge is 2.13. The molecule has 1 aromatic heterocycles. The minimum Gasteiger partial charge on any atom is -0.388 e. The monoisotopic (exact) mass is 311 g/mol. The van der Waals surface area contributed by atoms with Crippen molar-refractivity contribution >= 4 is 23.3 Å². The van der Waals surface area contributed by atoms with Crippen LogP contribution < -0.4 is 5.32 Å². The van der Waals surface area contributed by atoms with Crippen LogP contribution in [0, 0.1) is 0 Å². The van der Waals surface area contributed by atoms with Crippen molar-refractivity contribution in [3.05, 3.63) is 59.7 Å². The summed E-state index contributed by atoms with van der Waals surface area (Å²) in [4.78, 5) is 32.1. The number of aromatic nitrogens is 2. The van der Waals surface area contributed by atoms with Crippen molar-refractivity contribution in [2.75, 3.05) is 12.4 Å². The Morgan fingerprint density at radius 2 is 1.87 bits per heavy atom. The van der Waals surface area contributed by atoms with E-state index in [1.807, 2.05) is 38.3 Å². The molecule has 23 heavy (non-hydrogen) atoms. The molecule has 1 heterocycles. The Bertz CT molecular complexity index is 730. The predicted molar refractivity (Wildman–Crippen MR) is 92.7 cm³/mol. The van der Waals surface area contributed by atoms with E-state index in [0.717, 1.165) is 11.3 Å². The Labute approximate surface area is 137 Å². The molecular formula is C18H21N3O2. The normalized spacial score (nSPS) is 10.7. The number of rotatable bonds is 7. The molecule has 0 radical (unpaired) electrons. The van der Waals surface area contributed by atoms with Crippen molar-refractivity contribution in [3.63, 3.8) is 0 Å². The fraction of sp³-hybridized carbons (Fsp3) is 0.222. The molecule has 0 amide bonds. The Hall–Kier alpha value is -2.82. The van der Waals surface area contributed by atoms with Crippen LogP contribution in [0.4, 0.5) is 5.69 Å². The average Bonchev–Trinajstić information content (AvgIpc) is 2.60. The van der Waals surface area contributed by atoms with E-state index in [1.54, 1.807) is 12.1 Å². The van der Waals surface area contributed by atoms with Gasteiger partial charge in [-0.25, -0.2) is 9.97 Å². The Morgan fingerprint density at radius 3 is 2.52 bits per heavy atom. The van der Waals surface area contributed by atoms with Gasteiger partial charge in [0.2, 0.25) is 0 Å². The first kappa shape index (κ1) is 16.5. The number of allylic oxidation sites excluding steroid dienone is 1. The second-order valence-corrected chi connectivity index (χ2v) is 4.97. The fourth-order valence-corrected chi connectivity index (χ4v) is 2.21. The fourth-order valence-electron chi connectivity index (χ4n) is 2.21. The van der Waals surface area contributed by atoms with Crippen LogP contribution in [0.1, 0.15) is 47.7 Å². The average molecular weight is 311 g/mol. The van der Waals surface area contributed by atoms with E-state index in [0.29, 0.717) is 5.56 Å². The van der Waals surface area contributed by atoms with Gasteiger partial charge >= 0.3 is 0 Å². The number of Topliss-reactive ketones (excluding diaryl/α,β-unsaturated/α-hetero) is 2. The molecule has 5 heteroatoms. The molecule has 5 nitrogen and oxygen atoms in total. The third-order valence-corrected chi connectivity index (χ3v) is 3.38. The van der Waals surface area contributed by atoms with Gasteiger partial charge in [-0.2, -0.15) is 0 Å². The number of carbonyl (C=O) groups is 2. The van der Waals surface area contributed by atoms with Crippen LogP contribution in [-0.2, 0) is 0 Å². The number of nitrogens with zero attached hydrogens (tertiary/aromatic N) is 2. The summed E-state index contributed by atoms with van der Waals surface area (Å²) in [6.07, 6.45) is 7.14. The first-order chi connectivity index (χ1) is 11.2. The smallest absolute Gasteiger partial charge is 0.200 e. The molecule has 120 valence electrons. The molecule has 1 N–H and O–H groups in total. The Balaban J connectivity index is 0.00000288. The zero-order valence-electron chi connectivity index (χ0n) is 13.2. The van der Waals surface area contributed by atoms with Crippen LogP contribution in [0.3, 0.4) is 0 Å². The number of hydrogen-bond donors (Lipinski definition) is 1. The van der Waals surface area contributed by atoms with Crippen LogP contribution in [0.2, 0.25) is 0 Å². The molecule has 0 saturated carbocycles. The minimum atomic E-state index is -0.223. The van der Waals surface area contributed by atoms with Gasteiger partial charge in [-0.05, 0) is 36.8 Å². The zero-order chi connectivity index (χ0) is 16.7. The summed E-state index contributed by atoms with van der Waals surface area (Å²) in [7, 11) is 1.84. The lowest BCUT2D eigenvalue weighted by Crippen LogP contribution is -2.08. The molecule has 0 aliphatic heterocycles. The van der Waals surface area contributed by atoms with Crippen molar-refractivity contribution in [1.82, 2.24) is 9.97 Å². The summed E-state index contributed by atoms with van der Waals surface area (Å²) < 4.78 is 0. The van der Waals surface area contributed by atoms with Gasteiger partial charge in [0.15, 0.2) is 17.4 Å².